The Kier molecular flexibility index (Phi) is 6.26. The van der Waals surface area contributed by atoms with Crippen molar-refractivity contribution < 1.29 is 18.7 Å². The molecule has 0 unspecified atom stereocenters. The molecule has 0 bridgehead atoms. The number of methoxy groups -OCH3 is 1. The van der Waals surface area contributed by atoms with Crippen molar-refractivity contribution in [2.75, 3.05) is 7.11 Å². The molecule has 0 radical (unpaired) electrons. The van der Waals surface area contributed by atoms with Crippen LogP contribution in [-0.4, -0.2) is 24.0 Å². The van der Waals surface area contributed by atoms with Crippen molar-refractivity contribution in [1.29, 1.82) is 0 Å². The molecule has 146 valence electrons. The van der Waals surface area contributed by atoms with Crippen LogP contribution in [0.1, 0.15) is 29.9 Å². The largest absolute Gasteiger partial charge is 0.497 e. The van der Waals surface area contributed by atoms with Gasteiger partial charge in [-0.25, -0.2) is 9.37 Å². The van der Waals surface area contributed by atoms with Gasteiger partial charge in [0.2, 0.25) is 0 Å². The summed E-state index contributed by atoms with van der Waals surface area (Å²) in [7, 11) is 1.60. The van der Waals surface area contributed by atoms with Gasteiger partial charge in [-0.2, -0.15) is 0 Å². The smallest absolute Gasteiger partial charge is 0.270 e. The van der Waals surface area contributed by atoms with Crippen molar-refractivity contribution >= 4 is 17.2 Å². The molecule has 0 saturated carbocycles. The van der Waals surface area contributed by atoms with Crippen LogP contribution in [0.3, 0.4) is 0 Å². The highest BCUT2D eigenvalue weighted by atomic mass is 32.1. The SMILES string of the molecule is COc1cccc(COc2ccc(-c3nc(C(=O)NC(C)C)cs3)c(F)c2)c1. The van der Waals surface area contributed by atoms with E-state index in [4.69, 9.17) is 9.47 Å². The van der Waals surface area contributed by atoms with Gasteiger partial charge in [0.15, 0.2) is 0 Å². The van der Waals surface area contributed by atoms with Gasteiger partial charge in [0, 0.05) is 23.1 Å². The summed E-state index contributed by atoms with van der Waals surface area (Å²) in [6.07, 6.45) is 0. The van der Waals surface area contributed by atoms with Gasteiger partial charge in [0.05, 0.1) is 7.11 Å². The maximum atomic E-state index is 14.6. The fourth-order valence-electron chi connectivity index (χ4n) is 2.53. The lowest BCUT2D eigenvalue weighted by Crippen LogP contribution is -2.30. The zero-order valence-corrected chi connectivity index (χ0v) is 16.7. The van der Waals surface area contributed by atoms with E-state index < -0.39 is 5.82 Å². The Balaban J connectivity index is 1.70. The highest BCUT2D eigenvalue weighted by Gasteiger charge is 2.15. The minimum Gasteiger partial charge on any atom is -0.497 e. The number of carbonyl (C=O) groups is 1. The highest BCUT2D eigenvalue weighted by molar-refractivity contribution is 7.13. The zero-order chi connectivity index (χ0) is 20.1. The van der Waals surface area contributed by atoms with Crippen LogP contribution in [-0.2, 0) is 6.61 Å². The van der Waals surface area contributed by atoms with Gasteiger partial charge in [-0.3, -0.25) is 4.79 Å². The van der Waals surface area contributed by atoms with Gasteiger partial charge in [0.25, 0.3) is 5.91 Å². The molecule has 0 aliphatic heterocycles. The zero-order valence-electron chi connectivity index (χ0n) is 15.9. The van der Waals surface area contributed by atoms with Crippen molar-refractivity contribution in [2.24, 2.45) is 0 Å². The summed E-state index contributed by atoms with van der Waals surface area (Å²) in [5.74, 6) is 0.437. The molecule has 0 spiro atoms. The number of nitrogens with zero attached hydrogens (tertiary/aromatic N) is 1. The molecule has 0 saturated heterocycles. The predicted octanol–water partition coefficient (Wildman–Crippen LogP) is 4.68. The third kappa shape index (κ3) is 4.86. The number of hydrogen-bond acceptors (Lipinski definition) is 5. The van der Waals surface area contributed by atoms with Gasteiger partial charge in [-0.1, -0.05) is 12.1 Å². The van der Waals surface area contributed by atoms with Gasteiger partial charge in [-0.05, 0) is 43.7 Å². The maximum absolute atomic E-state index is 14.6. The number of nitrogens with one attached hydrogen (secondary N) is 1. The van der Waals surface area contributed by atoms with Crippen LogP contribution in [0.5, 0.6) is 11.5 Å². The molecular formula is C21H21FN2O3S. The molecule has 3 aromatic rings. The first-order valence-electron chi connectivity index (χ1n) is 8.78. The van der Waals surface area contributed by atoms with Gasteiger partial charge in [0.1, 0.15) is 34.6 Å². The lowest BCUT2D eigenvalue weighted by Gasteiger charge is -2.09. The van der Waals surface area contributed by atoms with Crippen molar-refractivity contribution in [3.05, 3.63) is 64.9 Å². The Morgan fingerprint density at radius 2 is 2.04 bits per heavy atom. The van der Waals surface area contributed by atoms with Gasteiger partial charge >= 0.3 is 0 Å². The fraction of sp³-hybridized carbons (Fsp3) is 0.238. The van der Waals surface area contributed by atoms with Crippen molar-refractivity contribution in [3.63, 3.8) is 0 Å². The van der Waals surface area contributed by atoms with E-state index in [1.165, 1.54) is 17.4 Å². The number of aromatic nitrogens is 1. The molecule has 1 heterocycles. The molecule has 1 N–H and O–H groups in total. The minimum absolute atomic E-state index is 0.00963. The Morgan fingerprint density at radius 1 is 1.21 bits per heavy atom. The highest BCUT2D eigenvalue weighted by Crippen LogP contribution is 2.29. The molecule has 2 aromatic carbocycles. The molecule has 0 aliphatic rings. The second-order valence-electron chi connectivity index (χ2n) is 6.45. The molecule has 3 rings (SSSR count). The molecule has 0 fully saturated rings. The van der Waals surface area contributed by atoms with Crippen molar-refractivity contribution in [3.8, 4) is 22.1 Å². The van der Waals surface area contributed by atoms with Crippen LogP contribution >= 0.6 is 11.3 Å². The van der Waals surface area contributed by atoms with Crippen molar-refractivity contribution in [2.45, 2.75) is 26.5 Å². The van der Waals surface area contributed by atoms with Gasteiger partial charge < -0.3 is 14.8 Å². The summed E-state index contributed by atoms with van der Waals surface area (Å²) in [4.78, 5) is 16.3. The number of rotatable bonds is 7. The van der Waals surface area contributed by atoms with Crippen LogP contribution in [0.15, 0.2) is 47.8 Å². The number of thiazole rings is 1. The van der Waals surface area contributed by atoms with E-state index in [2.05, 4.69) is 10.3 Å². The summed E-state index contributed by atoms with van der Waals surface area (Å²) in [5.41, 5.74) is 1.54. The van der Waals surface area contributed by atoms with Crippen LogP contribution in [0, 0.1) is 5.82 Å². The van der Waals surface area contributed by atoms with Crippen LogP contribution < -0.4 is 14.8 Å². The molecule has 28 heavy (non-hydrogen) atoms. The number of benzene rings is 2. The third-order valence-corrected chi connectivity index (χ3v) is 4.74. The molecule has 1 amide bonds. The lowest BCUT2D eigenvalue weighted by molar-refractivity contribution is 0.0939. The first-order valence-corrected chi connectivity index (χ1v) is 9.66. The average molecular weight is 400 g/mol. The van der Waals surface area contributed by atoms with E-state index in [1.807, 2.05) is 38.1 Å². The Labute approximate surface area is 167 Å². The van der Waals surface area contributed by atoms with Crippen LogP contribution in [0.2, 0.25) is 0 Å². The van der Waals surface area contributed by atoms with Gasteiger partial charge in [-0.15, -0.1) is 11.3 Å². The van der Waals surface area contributed by atoms with E-state index in [1.54, 1.807) is 24.6 Å². The second-order valence-corrected chi connectivity index (χ2v) is 7.31. The summed E-state index contributed by atoms with van der Waals surface area (Å²) in [6.45, 7) is 4.04. The topological polar surface area (TPSA) is 60.5 Å². The molecule has 7 heteroatoms. The molecule has 0 atom stereocenters. The third-order valence-electron chi connectivity index (χ3n) is 3.87. The van der Waals surface area contributed by atoms with E-state index in [-0.39, 0.29) is 17.6 Å². The first-order chi connectivity index (χ1) is 13.5. The average Bonchev–Trinajstić information content (AvgIpc) is 3.16. The Hall–Kier alpha value is -2.93. The molecule has 0 aliphatic carbocycles. The summed E-state index contributed by atoms with van der Waals surface area (Å²) in [5, 5.41) is 4.85. The quantitative estimate of drug-likeness (QED) is 0.626. The molecular weight excluding hydrogens is 379 g/mol. The lowest BCUT2D eigenvalue weighted by atomic mass is 10.2. The molecule has 5 nitrogen and oxygen atoms in total. The van der Waals surface area contributed by atoms with E-state index >= 15 is 0 Å². The minimum atomic E-state index is -0.451. The number of halogens is 1. The number of carbonyl (C=O) groups excluding carboxylic acids is 1. The normalized spacial score (nSPS) is 10.8. The maximum Gasteiger partial charge on any atom is 0.270 e. The van der Waals surface area contributed by atoms with Crippen LogP contribution in [0.4, 0.5) is 4.39 Å². The number of amides is 1. The van der Waals surface area contributed by atoms with E-state index in [9.17, 15) is 9.18 Å². The van der Waals surface area contributed by atoms with E-state index in [0.29, 0.717) is 22.9 Å². The second kappa shape index (κ2) is 8.84. The Bertz CT molecular complexity index is 972. The Morgan fingerprint density at radius 3 is 2.75 bits per heavy atom. The number of ether oxygens (including phenoxy) is 2. The first kappa shape index (κ1) is 19.8. The van der Waals surface area contributed by atoms with Crippen LogP contribution in [0.25, 0.3) is 10.6 Å². The molecule has 1 aromatic heterocycles. The standard InChI is InChI=1S/C21H21FN2O3S/c1-13(2)23-20(25)19-12-28-21(24-19)17-8-7-16(10-18(17)22)27-11-14-5-4-6-15(9-14)26-3/h4-10,12-13H,11H2,1-3H3,(H,23,25). The summed E-state index contributed by atoms with van der Waals surface area (Å²) in [6, 6.07) is 12.1. The predicted molar refractivity (Wildman–Crippen MR) is 107 cm³/mol. The van der Waals surface area contributed by atoms with Crippen molar-refractivity contribution in [1.82, 2.24) is 10.3 Å². The van der Waals surface area contributed by atoms with E-state index in [0.717, 1.165) is 11.3 Å². The summed E-state index contributed by atoms with van der Waals surface area (Å²) >= 11 is 1.23. The number of hydrogen-bond donors (Lipinski definition) is 1. The monoisotopic (exact) mass is 400 g/mol. The fourth-order valence-corrected chi connectivity index (χ4v) is 3.35. The summed E-state index contributed by atoms with van der Waals surface area (Å²) < 4.78 is 25.4.